The SMILES string of the molecule is CCOc1cccc(N)c1C(=O)Nc1cc(C)cc(C)n1. The molecule has 0 radical (unpaired) electrons. The van der Waals surface area contributed by atoms with E-state index in [1.807, 2.05) is 32.9 Å². The third-order valence-electron chi connectivity index (χ3n) is 2.92. The second-order valence-corrected chi connectivity index (χ2v) is 4.78. The summed E-state index contributed by atoms with van der Waals surface area (Å²) in [5.74, 6) is 0.650. The number of nitrogen functional groups attached to an aromatic ring is 1. The Morgan fingerprint density at radius 2 is 2.10 bits per heavy atom. The minimum Gasteiger partial charge on any atom is -0.493 e. The first kappa shape index (κ1) is 14.8. The van der Waals surface area contributed by atoms with Crippen LogP contribution in [0.3, 0.4) is 0 Å². The average Bonchev–Trinajstić information content (AvgIpc) is 2.37. The van der Waals surface area contributed by atoms with Crippen LogP contribution in [0.15, 0.2) is 30.3 Å². The molecule has 21 heavy (non-hydrogen) atoms. The third kappa shape index (κ3) is 3.51. The summed E-state index contributed by atoms with van der Waals surface area (Å²) in [7, 11) is 0. The van der Waals surface area contributed by atoms with Gasteiger partial charge in [-0.3, -0.25) is 4.79 Å². The van der Waals surface area contributed by atoms with Gasteiger partial charge in [-0.05, 0) is 50.6 Å². The van der Waals surface area contributed by atoms with E-state index in [2.05, 4.69) is 10.3 Å². The van der Waals surface area contributed by atoms with Crippen LogP contribution in [0.5, 0.6) is 5.75 Å². The van der Waals surface area contributed by atoms with Crippen molar-refractivity contribution in [2.24, 2.45) is 0 Å². The van der Waals surface area contributed by atoms with Gasteiger partial charge in [0.15, 0.2) is 0 Å². The Bertz CT molecular complexity index is 648. The van der Waals surface area contributed by atoms with Gasteiger partial charge >= 0.3 is 0 Å². The van der Waals surface area contributed by atoms with Crippen molar-refractivity contribution in [3.05, 3.63) is 47.2 Å². The molecule has 0 spiro atoms. The number of anilines is 2. The molecule has 5 heteroatoms. The van der Waals surface area contributed by atoms with Gasteiger partial charge in [0.2, 0.25) is 0 Å². The number of nitrogens with zero attached hydrogens (tertiary/aromatic N) is 1. The van der Waals surface area contributed by atoms with E-state index < -0.39 is 0 Å². The number of amides is 1. The summed E-state index contributed by atoms with van der Waals surface area (Å²) >= 11 is 0. The van der Waals surface area contributed by atoms with E-state index in [0.717, 1.165) is 11.3 Å². The van der Waals surface area contributed by atoms with Crippen molar-refractivity contribution < 1.29 is 9.53 Å². The van der Waals surface area contributed by atoms with Crippen LogP contribution in [0.2, 0.25) is 0 Å². The van der Waals surface area contributed by atoms with Gasteiger partial charge in [0.25, 0.3) is 5.91 Å². The molecular formula is C16H19N3O2. The smallest absolute Gasteiger partial charge is 0.262 e. The highest BCUT2D eigenvalue weighted by molar-refractivity contribution is 6.09. The first-order valence-corrected chi connectivity index (χ1v) is 6.79. The fraction of sp³-hybridized carbons (Fsp3) is 0.250. The van der Waals surface area contributed by atoms with E-state index in [9.17, 15) is 4.79 Å². The van der Waals surface area contributed by atoms with Crippen molar-refractivity contribution in [2.45, 2.75) is 20.8 Å². The Labute approximate surface area is 124 Å². The number of rotatable bonds is 4. The number of nitrogens with two attached hydrogens (primary N) is 1. The van der Waals surface area contributed by atoms with E-state index in [-0.39, 0.29) is 5.91 Å². The molecule has 0 aliphatic carbocycles. The lowest BCUT2D eigenvalue weighted by Gasteiger charge is -2.13. The monoisotopic (exact) mass is 285 g/mol. The number of aryl methyl sites for hydroxylation is 2. The zero-order chi connectivity index (χ0) is 15.4. The molecule has 0 unspecified atom stereocenters. The second-order valence-electron chi connectivity index (χ2n) is 4.78. The van der Waals surface area contributed by atoms with Gasteiger partial charge in [-0.1, -0.05) is 6.07 Å². The highest BCUT2D eigenvalue weighted by Crippen LogP contribution is 2.25. The number of hydrogen-bond acceptors (Lipinski definition) is 4. The van der Waals surface area contributed by atoms with Crippen LogP contribution >= 0.6 is 0 Å². The zero-order valence-corrected chi connectivity index (χ0v) is 12.4. The lowest BCUT2D eigenvalue weighted by atomic mass is 10.1. The fourth-order valence-electron chi connectivity index (χ4n) is 2.15. The average molecular weight is 285 g/mol. The molecule has 2 aromatic rings. The molecule has 3 N–H and O–H groups in total. The van der Waals surface area contributed by atoms with Crippen molar-refractivity contribution in [3.8, 4) is 5.75 Å². The molecule has 0 aliphatic rings. The highest BCUT2D eigenvalue weighted by Gasteiger charge is 2.16. The van der Waals surface area contributed by atoms with Crippen LogP contribution in [0.25, 0.3) is 0 Å². The summed E-state index contributed by atoms with van der Waals surface area (Å²) in [4.78, 5) is 16.7. The highest BCUT2D eigenvalue weighted by atomic mass is 16.5. The predicted octanol–water partition coefficient (Wildman–Crippen LogP) is 2.93. The summed E-state index contributed by atoms with van der Waals surface area (Å²) in [6.07, 6.45) is 0. The van der Waals surface area contributed by atoms with Crippen molar-refractivity contribution >= 4 is 17.4 Å². The molecule has 1 aromatic carbocycles. The Morgan fingerprint density at radius 3 is 2.76 bits per heavy atom. The number of aromatic nitrogens is 1. The molecule has 0 aliphatic heterocycles. The standard InChI is InChI=1S/C16H19N3O2/c1-4-21-13-7-5-6-12(17)15(13)16(20)19-14-9-10(2)8-11(3)18-14/h5-9H,4,17H2,1-3H3,(H,18,19,20). The van der Waals surface area contributed by atoms with Crippen molar-refractivity contribution in [2.75, 3.05) is 17.7 Å². The lowest BCUT2D eigenvalue weighted by Crippen LogP contribution is -2.17. The summed E-state index contributed by atoms with van der Waals surface area (Å²) in [6, 6.07) is 8.91. The fourth-order valence-corrected chi connectivity index (χ4v) is 2.15. The molecule has 1 amide bonds. The molecule has 2 rings (SSSR count). The molecular weight excluding hydrogens is 266 g/mol. The van der Waals surface area contributed by atoms with Crippen LogP contribution in [0, 0.1) is 13.8 Å². The summed E-state index contributed by atoms with van der Waals surface area (Å²) in [5.41, 5.74) is 8.49. The molecule has 0 saturated heterocycles. The molecule has 5 nitrogen and oxygen atoms in total. The Kier molecular flexibility index (Phi) is 4.42. The van der Waals surface area contributed by atoms with Crippen molar-refractivity contribution in [3.63, 3.8) is 0 Å². The topological polar surface area (TPSA) is 77.2 Å². The minimum atomic E-state index is -0.325. The predicted molar refractivity (Wildman–Crippen MR) is 83.7 cm³/mol. The maximum Gasteiger partial charge on any atom is 0.262 e. The van der Waals surface area contributed by atoms with Gasteiger partial charge in [0.05, 0.1) is 6.61 Å². The molecule has 1 aromatic heterocycles. The number of nitrogens with one attached hydrogen (secondary N) is 1. The molecule has 110 valence electrons. The van der Waals surface area contributed by atoms with Gasteiger partial charge in [-0.15, -0.1) is 0 Å². The molecule has 1 heterocycles. The lowest BCUT2D eigenvalue weighted by molar-refractivity contribution is 0.102. The first-order valence-electron chi connectivity index (χ1n) is 6.79. The van der Waals surface area contributed by atoms with Crippen LogP contribution < -0.4 is 15.8 Å². The zero-order valence-electron chi connectivity index (χ0n) is 12.4. The summed E-state index contributed by atoms with van der Waals surface area (Å²) in [5, 5.41) is 2.77. The van der Waals surface area contributed by atoms with E-state index in [1.54, 1.807) is 18.2 Å². The van der Waals surface area contributed by atoms with E-state index in [0.29, 0.717) is 29.4 Å². The van der Waals surface area contributed by atoms with Crippen LogP contribution in [-0.2, 0) is 0 Å². The van der Waals surface area contributed by atoms with Crippen LogP contribution in [-0.4, -0.2) is 17.5 Å². The van der Waals surface area contributed by atoms with E-state index in [1.165, 1.54) is 0 Å². The normalized spacial score (nSPS) is 10.2. The minimum absolute atomic E-state index is 0.325. The van der Waals surface area contributed by atoms with E-state index in [4.69, 9.17) is 10.5 Å². The summed E-state index contributed by atoms with van der Waals surface area (Å²) < 4.78 is 5.46. The van der Waals surface area contributed by atoms with Crippen LogP contribution in [0.4, 0.5) is 11.5 Å². The number of benzene rings is 1. The van der Waals surface area contributed by atoms with Gasteiger partial charge in [0.1, 0.15) is 17.1 Å². The van der Waals surface area contributed by atoms with Gasteiger partial charge in [-0.25, -0.2) is 4.98 Å². The van der Waals surface area contributed by atoms with Gasteiger partial charge in [0, 0.05) is 11.4 Å². The number of ether oxygens (including phenoxy) is 1. The molecule has 0 atom stereocenters. The largest absolute Gasteiger partial charge is 0.493 e. The van der Waals surface area contributed by atoms with Gasteiger partial charge in [-0.2, -0.15) is 0 Å². The Balaban J connectivity index is 2.32. The van der Waals surface area contributed by atoms with Crippen LogP contribution in [0.1, 0.15) is 28.5 Å². The van der Waals surface area contributed by atoms with Crippen molar-refractivity contribution in [1.82, 2.24) is 4.98 Å². The van der Waals surface area contributed by atoms with E-state index >= 15 is 0 Å². The number of carbonyl (C=O) groups excluding carboxylic acids is 1. The Morgan fingerprint density at radius 1 is 1.33 bits per heavy atom. The number of hydrogen-bond donors (Lipinski definition) is 2. The van der Waals surface area contributed by atoms with Gasteiger partial charge < -0.3 is 15.8 Å². The molecule has 0 fully saturated rings. The molecule has 0 bridgehead atoms. The quantitative estimate of drug-likeness (QED) is 0.847. The second kappa shape index (κ2) is 6.26. The van der Waals surface area contributed by atoms with Crippen molar-refractivity contribution in [1.29, 1.82) is 0 Å². The summed E-state index contributed by atoms with van der Waals surface area (Å²) in [6.45, 7) is 6.15. The maximum atomic E-state index is 12.4. The molecule has 0 saturated carbocycles. The third-order valence-corrected chi connectivity index (χ3v) is 2.92. The number of pyridine rings is 1. The number of carbonyl (C=O) groups is 1. The Hall–Kier alpha value is -2.56. The maximum absolute atomic E-state index is 12.4. The first-order chi connectivity index (χ1) is 10.0.